The van der Waals surface area contributed by atoms with Crippen LogP contribution in [0.5, 0.6) is 0 Å². The first-order chi connectivity index (χ1) is 9.08. The topological polar surface area (TPSA) is 12.0 Å². The Labute approximate surface area is 117 Å². The third-order valence-electron chi connectivity index (χ3n) is 2.66. The molecule has 0 saturated heterocycles. The number of benzene rings is 2. The molecular formula is C14H11BrF3N. The van der Waals surface area contributed by atoms with Gasteiger partial charge in [0.25, 0.3) is 6.43 Å². The molecule has 0 atom stereocenters. The summed E-state index contributed by atoms with van der Waals surface area (Å²) >= 11 is 3.35. The molecule has 19 heavy (non-hydrogen) atoms. The highest BCUT2D eigenvalue weighted by Gasteiger charge is 2.10. The van der Waals surface area contributed by atoms with Crippen LogP contribution in [0.4, 0.5) is 18.9 Å². The number of halogens is 4. The van der Waals surface area contributed by atoms with Gasteiger partial charge < -0.3 is 5.32 Å². The lowest BCUT2D eigenvalue weighted by Gasteiger charge is -2.10. The second kappa shape index (κ2) is 6.10. The lowest BCUT2D eigenvalue weighted by Crippen LogP contribution is -2.03. The van der Waals surface area contributed by atoms with E-state index in [1.807, 2.05) is 24.3 Å². The average Bonchev–Trinajstić information content (AvgIpc) is 2.39. The standard InChI is InChI=1S/C14H11BrF3N/c15-11-3-1-2-4-13(11)19-8-10-7-9(14(17)18)5-6-12(10)16/h1-7,14,19H,8H2. The molecule has 0 aliphatic carbocycles. The summed E-state index contributed by atoms with van der Waals surface area (Å²) in [5.74, 6) is -0.496. The first-order valence-electron chi connectivity index (χ1n) is 5.63. The van der Waals surface area contributed by atoms with Gasteiger partial charge in [0.05, 0.1) is 0 Å². The quantitative estimate of drug-likeness (QED) is 0.819. The summed E-state index contributed by atoms with van der Waals surface area (Å²) in [5.41, 5.74) is 0.822. The number of nitrogens with one attached hydrogen (secondary N) is 1. The van der Waals surface area contributed by atoms with Crippen LogP contribution in [0, 0.1) is 5.82 Å². The fourth-order valence-corrected chi connectivity index (χ4v) is 2.09. The molecule has 0 radical (unpaired) electrons. The highest BCUT2D eigenvalue weighted by Crippen LogP contribution is 2.24. The minimum absolute atomic E-state index is 0.148. The van der Waals surface area contributed by atoms with Crippen LogP contribution in [-0.2, 0) is 6.54 Å². The average molecular weight is 330 g/mol. The predicted octanol–water partition coefficient (Wildman–Crippen LogP) is 5.14. The molecular weight excluding hydrogens is 319 g/mol. The number of anilines is 1. The number of para-hydroxylation sites is 1. The van der Waals surface area contributed by atoms with E-state index in [4.69, 9.17) is 0 Å². The van der Waals surface area contributed by atoms with E-state index in [2.05, 4.69) is 21.2 Å². The molecule has 0 aliphatic heterocycles. The molecule has 0 bridgehead atoms. The van der Waals surface area contributed by atoms with Gasteiger partial charge in [-0.25, -0.2) is 13.2 Å². The Morgan fingerprint density at radius 2 is 1.84 bits per heavy atom. The minimum atomic E-state index is -2.59. The highest BCUT2D eigenvalue weighted by molar-refractivity contribution is 9.10. The summed E-state index contributed by atoms with van der Waals surface area (Å²) in [4.78, 5) is 0. The molecule has 0 saturated carbocycles. The first kappa shape index (κ1) is 13.9. The second-order valence-electron chi connectivity index (χ2n) is 3.98. The van der Waals surface area contributed by atoms with Gasteiger partial charge in [-0.15, -0.1) is 0 Å². The van der Waals surface area contributed by atoms with Crippen molar-refractivity contribution in [2.75, 3.05) is 5.32 Å². The van der Waals surface area contributed by atoms with Gasteiger partial charge in [0.1, 0.15) is 5.82 Å². The molecule has 0 amide bonds. The fourth-order valence-electron chi connectivity index (χ4n) is 1.66. The fraction of sp³-hybridized carbons (Fsp3) is 0.143. The summed E-state index contributed by atoms with van der Waals surface area (Å²) < 4.78 is 39.5. The number of alkyl halides is 2. The zero-order valence-electron chi connectivity index (χ0n) is 9.84. The van der Waals surface area contributed by atoms with E-state index >= 15 is 0 Å². The van der Waals surface area contributed by atoms with E-state index in [-0.39, 0.29) is 17.7 Å². The van der Waals surface area contributed by atoms with Crippen molar-refractivity contribution in [2.24, 2.45) is 0 Å². The van der Waals surface area contributed by atoms with Gasteiger partial charge in [0.15, 0.2) is 0 Å². The molecule has 2 aromatic carbocycles. The summed E-state index contributed by atoms with van der Waals surface area (Å²) in [5, 5.41) is 3.00. The van der Waals surface area contributed by atoms with Crippen molar-refractivity contribution in [3.63, 3.8) is 0 Å². The molecule has 2 aromatic rings. The van der Waals surface area contributed by atoms with Crippen LogP contribution in [-0.4, -0.2) is 0 Å². The molecule has 1 N–H and O–H groups in total. The lowest BCUT2D eigenvalue weighted by molar-refractivity contribution is 0.151. The van der Waals surface area contributed by atoms with Crippen LogP contribution in [0.2, 0.25) is 0 Å². The van der Waals surface area contributed by atoms with Gasteiger partial charge in [-0.2, -0.15) is 0 Å². The van der Waals surface area contributed by atoms with Crippen LogP contribution in [0.3, 0.4) is 0 Å². The molecule has 100 valence electrons. The van der Waals surface area contributed by atoms with Crippen molar-refractivity contribution >= 4 is 21.6 Å². The van der Waals surface area contributed by atoms with E-state index in [1.54, 1.807) is 0 Å². The van der Waals surface area contributed by atoms with Crippen molar-refractivity contribution in [3.8, 4) is 0 Å². The van der Waals surface area contributed by atoms with Crippen LogP contribution < -0.4 is 5.32 Å². The van der Waals surface area contributed by atoms with Crippen molar-refractivity contribution in [1.29, 1.82) is 0 Å². The van der Waals surface area contributed by atoms with E-state index in [0.29, 0.717) is 0 Å². The van der Waals surface area contributed by atoms with Gasteiger partial charge in [0.2, 0.25) is 0 Å². The third-order valence-corrected chi connectivity index (χ3v) is 3.36. The summed E-state index contributed by atoms with van der Waals surface area (Å²) in [6.45, 7) is 0.148. The molecule has 1 nitrogen and oxygen atoms in total. The summed E-state index contributed by atoms with van der Waals surface area (Å²) in [6.07, 6.45) is -2.59. The summed E-state index contributed by atoms with van der Waals surface area (Å²) in [6, 6.07) is 10.7. The van der Waals surface area contributed by atoms with E-state index < -0.39 is 12.2 Å². The molecule has 0 fully saturated rings. The van der Waals surface area contributed by atoms with Gasteiger partial charge in [0, 0.05) is 27.8 Å². The van der Waals surface area contributed by atoms with E-state index in [0.717, 1.165) is 22.3 Å². The Bertz CT molecular complexity index is 572. The Kier molecular flexibility index (Phi) is 4.47. The maximum atomic E-state index is 13.5. The lowest BCUT2D eigenvalue weighted by atomic mass is 10.1. The van der Waals surface area contributed by atoms with E-state index in [1.165, 1.54) is 6.07 Å². The SMILES string of the molecule is Fc1ccc(C(F)F)cc1CNc1ccccc1Br. The first-order valence-corrected chi connectivity index (χ1v) is 6.42. The van der Waals surface area contributed by atoms with E-state index in [9.17, 15) is 13.2 Å². The minimum Gasteiger partial charge on any atom is -0.380 e. The van der Waals surface area contributed by atoms with Gasteiger partial charge in [-0.1, -0.05) is 18.2 Å². The van der Waals surface area contributed by atoms with Crippen molar-refractivity contribution < 1.29 is 13.2 Å². The smallest absolute Gasteiger partial charge is 0.263 e. The van der Waals surface area contributed by atoms with Crippen molar-refractivity contribution in [1.82, 2.24) is 0 Å². The maximum Gasteiger partial charge on any atom is 0.263 e. The Morgan fingerprint density at radius 1 is 1.11 bits per heavy atom. The van der Waals surface area contributed by atoms with Gasteiger partial charge >= 0.3 is 0 Å². The number of rotatable bonds is 4. The molecule has 0 unspecified atom stereocenters. The summed E-state index contributed by atoms with van der Waals surface area (Å²) in [7, 11) is 0. The highest BCUT2D eigenvalue weighted by atomic mass is 79.9. The number of hydrogen-bond acceptors (Lipinski definition) is 1. The zero-order chi connectivity index (χ0) is 13.8. The molecule has 0 heterocycles. The van der Waals surface area contributed by atoms with Gasteiger partial charge in [-0.05, 0) is 40.2 Å². The molecule has 0 aromatic heterocycles. The molecule has 0 spiro atoms. The molecule has 5 heteroatoms. The molecule has 0 aliphatic rings. The van der Waals surface area contributed by atoms with Crippen LogP contribution in [0.25, 0.3) is 0 Å². The Balaban J connectivity index is 2.15. The normalized spacial score (nSPS) is 10.8. The monoisotopic (exact) mass is 329 g/mol. The Morgan fingerprint density at radius 3 is 2.53 bits per heavy atom. The maximum absolute atomic E-state index is 13.5. The predicted molar refractivity (Wildman–Crippen MR) is 72.8 cm³/mol. The largest absolute Gasteiger partial charge is 0.380 e. The molecule has 2 rings (SSSR count). The van der Waals surface area contributed by atoms with Crippen molar-refractivity contribution in [2.45, 2.75) is 13.0 Å². The van der Waals surface area contributed by atoms with Crippen LogP contribution >= 0.6 is 15.9 Å². The van der Waals surface area contributed by atoms with Crippen LogP contribution in [0.15, 0.2) is 46.9 Å². The van der Waals surface area contributed by atoms with Crippen LogP contribution in [0.1, 0.15) is 17.6 Å². The second-order valence-corrected chi connectivity index (χ2v) is 4.84. The van der Waals surface area contributed by atoms with Gasteiger partial charge in [-0.3, -0.25) is 0 Å². The van der Waals surface area contributed by atoms with Crippen molar-refractivity contribution in [3.05, 3.63) is 63.9 Å². The zero-order valence-corrected chi connectivity index (χ0v) is 11.4. The third kappa shape index (κ3) is 3.50. The Hall–Kier alpha value is -1.49. The number of hydrogen-bond donors (Lipinski definition) is 1.